The van der Waals surface area contributed by atoms with Crippen LogP contribution in [0.1, 0.15) is 12.5 Å². The Morgan fingerprint density at radius 2 is 2.14 bits per heavy atom. The van der Waals surface area contributed by atoms with E-state index in [-0.39, 0.29) is 5.91 Å². The monoisotopic (exact) mass is 492 g/mol. The summed E-state index contributed by atoms with van der Waals surface area (Å²) in [6, 6.07) is 11.1. The van der Waals surface area contributed by atoms with E-state index >= 15 is 0 Å². The molecule has 1 amide bonds. The second-order valence-electron chi connectivity index (χ2n) is 5.81. The lowest BCUT2D eigenvalue weighted by atomic mass is 10.2. The zero-order valence-electron chi connectivity index (χ0n) is 15.7. The minimum absolute atomic E-state index is 0.283. The quantitative estimate of drug-likeness (QED) is 0.393. The van der Waals surface area contributed by atoms with Gasteiger partial charge in [0.15, 0.2) is 16.6 Å². The SMILES string of the molecule is CCOc1c(Br)cc(/C=C/C(=O)Nc2nc(-c3ccccc3Cl)cs2)cc1OC. The van der Waals surface area contributed by atoms with Crippen LogP contribution in [0, 0.1) is 0 Å². The molecule has 2 aromatic carbocycles. The summed E-state index contributed by atoms with van der Waals surface area (Å²) in [5.41, 5.74) is 2.34. The first-order chi connectivity index (χ1) is 14.0. The Kier molecular flexibility index (Phi) is 7.30. The second kappa shape index (κ2) is 9.91. The van der Waals surface area contributed by atoms with E-state index in [0.717, 1.165) is 21.3 Å². The lowest BCUT2D eigenvalue weighted by molar-refractivity contribution is -0.111. The summed E-state index contributed by atoms with van der Waals surface area (Å²) >= 11 is 11.0. The molecule has 0 aliphatic rings. The van der Waals surface area contributed by atoms with Gasteiger partial charge < -0.3 is 9.47 Å². The zero-order valence-corrected chi connectivity index (χ0v) is 18.9. The number of thiazole rings is 1. The van der Waals surface area contributed by atoms with E-state index in [1.807, 2.05) is 36.6 Å². The maximum atomic E-state index is 12.3. The number of halogens is 2. The molecule has 1 N–H and O–H groups in total. The van der Waals surface area contributed by atoms with Crippen molar-refractivity contribution in [2.75, 3.05) is 19.0 Å². The van der Waals surface area contributed by atoms with E-state index in [0.29, 0.717) is 28.3 Å². The lowest BCUT2D eigenvalue weighted by Crippen LogP contribution is -2.07. The van der Waals surface area contributed by atoms with Crippen molar-refractivity contribution >= 4 is 56.0 Å². The number of hydrogen-bond donors (Lipinski definition) is 1. The van der Waals surface area contributed by atoms with Gasteiger partial charge in [-0.25, -0.2) is 4.98 Å². The third kappa shape index (κ3) is 5.38. The van der Waals surface area contributed by atoms with Gasteiger partial charge in [-0.05, 0) is 52.7 Å². The minimum Gasteiger partial charge on any atom is -0.493 e. The van der Waals surface area contributed by atoms with Gasteiger partial charge in [0.2, 0.25) is 5.91 Å². The summed E-state index contributed by atoms with van der Waals surface area (Å²) in [7, 11) is 1.57. The molecule has 0 aliphatic heterocycles. The summed E-state index contributed by atoms with van der Waals surface area (Å²) in [6.45, 7) is 2.43. The van der Waals surface area contributed by atoms with Crippen LogP contribution in [0.25, 0.3) is 17.3 Å². The Morgan fingerprint density at radius 3 is 2.86 bits per heavy atom. The van der Waals surface area contributed by atoms with Crippen LogP contribution in [0.2, 0.25) is 5.02 Å². The first-order valence-corrected chi connectivity index (χ1v) is 10.8. The molecular formula is C21H18BrClN2O3S. The number of methoxy groups -OCH3 is 1. The molecule has 0 saturated carbocycles. The molecule has 0 spiro atoms. The van der Waals surface area contributed by atoms with Crippen molar-refractivity contribution in [1.29, 1.82) is 0 Å². The van der Waals surface area contributed by atoms with Gasteiger partial charge >= 0.3 is 0 Å². The highest BCUT2D eigenvalue weighted by Crippen LogP contribution is 2.37. The van der Waals surface area contributed by atoms with Crippen molar-refractivity contribution in [2.24, 2.45) is 0 Å². The molecule has 0 radical (unpaired) electrons. The Balaban J connectivity index is 1.71. The Hall–Kier alpha value is -2.35. The van der Waals surface area contributed by atoms with Crippen LogP contribution < -0.4 is 14.8 Å². The molecule has 3 rings (SSSR count). The van der Waals surface area contributed by atoms with Crippen LogP contribution in [-0.4, -0.2) is 24.6 Å². The van der Waals surface area contributed by atoms with Gasteiger partial charge in [0.25, 0.3) is 0 Å². The van der Waals surface area contributed by atoms with Crippen molar-refractivity contribution < 1.29 is 14.3 Å². The molecule has 0 bridgehead atoms. The van der Waals surface area contributed by atoms with E-state index in [2.05, 4.69) is 26.2 Å². The number of carbonyl (C=O) groups excluding carboxylic acids is 1. The largest absolute Gasteiger partial charge is 0.493 e. The Bertz CT molecular complexity index is 1050. The van der Waals surface area contributed by atoms with Gasteiger partial charge in [-0.1, -0.05) is 29.8 Å². The minimum atomic E-state index is -0.283. The van der Waals surface area contributed by atoms with E-state index < -0.39 is 0 Å². The number of carbonyl (C=O) groups is 1. The molecule has 0 aliphatic carbocycles. The van der Waals surface area contributed by atoms with Crippen molar-refractivity contribution in [3.63, 3.8) is 0 Å². The fourth-order valence-electron chi connectivity index (χ4n) is 2.56. The molecule has 5 nitrogen and oxygen atoms in total. The number of aromatic nitrogens is 1. The number of amides is 1. The molecule has 0 saturated heterocycles. The van der Waals surface area contributed by atoms with Crippen LogP contribution in [-0.2, 0) is 4.79 Å². The summed E-state index contributed by atoms with van der Waals surface area (Å²) < 4.78 is 11.7. The molecule has 29 heavy (non-hydrogen) atoms. The third-order valence-corrected chi connectivity index (χ3v) is 5.53. The van der Waals surface area contributed by atoms with Crippen LogP contribution in [0.4, 0.5) is 5.13 Å². The van der Waals surface area contributed by atoms with Crippen LogP contribution >= 0.6 is 38.9 Å². The average molecular weight is 494 g/mol. The molecular weight excluding hydrogens is 476 g/mol. The Labute approximate surface area is 186 Å². The lowest BCUT2D eigenvalue weighted by Gasteiger charge is -2.12. The second-order valence-corrected chi connectivity index (χ2v) is 7.93. The number of ether oxygens (including phenoxy) is 2. The molecule has 0 unspecified atom stereocenters. The molecule has 0 fully saturated rings. The number of hydrogen-bond acceptors (Lipinski definition) is 5. The van der Waals surface area contributed by atoms with Gasteiger partial charge in [0.05, 0.1) is 23.9 Å². The summed E-state index contributed by atoms with van der Waals surface area (Å²) in [5, 5.41) is 5.74. The van der Waals surface area contributed by atoms with Gasteiger partial charge in [0, 0.05) is 22.0 Å². The van der Waals surface area contributed by atoms with E-state index in [4.69, 9.17) is 21.1 Å². The standard InChI is InChI=1S/C21H18BrClN2O3S/c1-3-28-20-15(22)10-13(11-18(20)27-2)8-9-19(26)25-21-24-17(12-29-21)14-6-4-5-7-16(14)23/h4-12H,3H2,1-2H3,(H,24,25,26)/b9-8+. The van der Waals surface area contributed by atoms with Gasteiger partial charge in [0.1, 0.15) is 0 Å². The number of benzene rings is 2. The molecule has 1 aromatic heterocycles. The number of nitrogens with zero attached hydrogens (tertiary/aromatic N) is 1. The fraction of sp³-hybridized carbons (Fsp3) is 0.143. The van der Waals surface area contributed by atoms with Crippen molar-refractivity contribution in [2.45, 2.75) is 6.92 Å². The highest BCUT2D eigenvalue weighted by molar-refractivity contribution is 9.10. The highest BCUT2D eigenvalue weighted by atomic mass is 79.9. The maximum absolute atomic E-state index is 12.3. The van der Waals surface area contributed by atoms with Crippen LogP contribution in [0.5, 0.6) is 11.5 Å². The van der Waals surface area contributed by atoms with Gasteiger partial charge in [-0.15, -0.1) is 11.3 Å². The average Bonchev–Trinajstić information content (AvgIpc) is 3.16. The normalized spacial score (nSPS) is 10.9. The molecule has 150 valence electrons. The predicted octanol–water partition coefficient (Wildman–Crippen LogP) is 6.29. The number of rotatable bonds is 7. The first-order valence-electron chi connectivity index (χ1n) is 8.71. The van der Waals surface area contributed by atoms with Crippen molar-refractivity contribution in [1.82, 2.24) is 4.98 Å². The first kappa shape index (κ1) is 21.4. The molecule has 8 heteroatoms. The maximum Gasteiger partial charge on any atom is 0.250 e. The van der Waals surface area contributed by atoms with Gasteiger partial charge in [-0.3, -0.25) is 10.1 Å². The van der Waals surface area contributed by atoms with Gasteiger partial charge in [-0.2, -0.15) is 0 Å². The number of nitrogens with one attached hydrogen (secondary N) is 1. The zero-order chi connectivity index (χ0) is 20.8. The summed E-state index contributed by atoms with van der Waals surface area (Å²) in [4.78, 5) is 16.7. The van der Waals surface area contributed by atoms with Crippen LogP contribution in [0.3, 0.4) is 0 Å². The predicted molar refractivity (Wildman–Crippen MR) is 122 cm³/mol. The van der Waals surface area contributed by atoms with Crippen molar-refractivity contribution in [3.8, 4) is 22.8 Å². The molecule has 0 atom stereocenters. The topological polar surface area (TPSA) is 60.5 Å². The van der Waals surface area contributed by atoms with Crippen molar-refractivity contribution in [3.05, 3.63) is 62.9 Å². The van der Waals surface area contributed by atoms with E-state index in [9.17, 15) is 4.79 Å². The van der Waals surface area contributed by atoms with Crippen LogP contribution in [0.15, 0.2) is 52.3 Å². The van der Waals surface area contributed by atoms with E-state index in [1.54, 1.807) is 25.3 Å². The highest BCUT2D eigenvalue weighted by Gasteiger charge is 2.11. The molecule has 3 aromatic rings. The third-order valence-electron chi connectivity index (χ3n) is 3.85. The smallest absolute Gasteiger partial charge is 0.250 e. The number of anilines is 1. The Morgan fingerprint density at radius 1 is 1.34 bits per heavy atom. The summed E-state index contributed by atoms with van der Waals surface area (Å²) in [5.74, 6) is 0.936. The summed E-state index contributed by atoms with van der Waals surface area (Å²) in [6.07, 6.45) is 3.14. The fourth-order valence-corrected chi connectivity index (χ4v) is 4.08. The molecule has 1 heterocycles. The van der Waals surface area contributed by atoms with E-state index in [1.165, 1.54) is 17.4 Å².